The topological polar surface area (TPSA) is 78.9 Å². The molecule has 0 spiro atoms. The van der Waals surface area contributed by atoms with E-state index in [2.05, 4.69) is 41.5 Å². The highest BCUT2D eigenvalue weighted by atomic mass is 16.6. The van der Waals surface area contributed by atoms with Gasteiger partial charge in [-0.1, -0.05) is 234 Å². The summed E-state index contributed by atoms with van der Waals surface area (Å²) in [7, 11) is 0. The van der Waals surface area contributed by atoms with Gasteiger partial charge in [0.15, 0.2) is 6.10 Å². The van der Waals surface area contributed by atoms with E-state index in [0.29, 0.717) is 19.3 Å². The summed E-state index contributed by atoms with van der Waals surface area (Å²) in [4.78, 5) is 37.9. The van der Waals surface area contributed by atoms with Crippen molar-refractivity contribution >= 4 is 17.9 Å². The van der Waals surface area contributed by atoms with Crippen LogP contribution in [0.5, 0.6) is 0 Å². The highest BCUT2D eigenvalue weighted by Gasteiger charge is 2.19. The molecular weight excluding hydrogens is 709 g/mol. The van der Waals surface area contributed by atoms with Gasteiger partial charge in [-0.05, 0) is 37.0 Å². The minimum Gasteiger partial charge on any atom is -0.462 e. The minimum atomic E-state index is -0.762. The summed E-state index contributed by atoms with van der Waals surface area (Å²) in [6.45, 7) is 13.7. The van der Waals surface area contributed by atoms with Crippen LogP contribution in [0.25, 0.3) is 0 Å². The third-order valence-corrected chi connectivity index (χ3v) is 11.4. The van der Waals surface area contributed by atoms with E-state index in [0.717, 1.165) is 75.5 Å². The molecule has 0 aliphatic heterocycles. The number of carbonyl (C=O) groups excluding carboxylic acids is 3. The molecule has 0 amide bonds. The molecule has 0 unspecified atom stereocenters. The van der Waals surface area contributed by atoms with Crippen molar-refractivity contribution < 1.29 is 28.6 Å². The van der Waals surface area contributed by atoms with Crippen LogP contribution in [0.3, 0.4) is 0 Å². The third-order valence-electron chi connectivity index (χ3n) is 11.4. The highest BCUT2D eigenvalue weighted by Crippen LogP contribution is 2.17. The summed E-state index contributed by atoms with van der Waals surface area (Å²) in [6, 6.07) is 0. The summed E-state index contributed by atoms with van der Waals surface area (Å²) in [5, 5.41) is 0. The van der Waals surface area contributed by atoms with Crippen LogP contribution in [0.4, 0.5) is 0 Å². The lowest BCUT2D eigenvalue weighted by Gasteiger charge is -2.18. The lowest BCUT2D eigenvalue weighted by Crippen LogP contribution is -2.30. The van der Waals surface area contributed by atoms with E-state index in [1.165, 1.54) is 154 Å². The molecule has 0 fully saturated rings. The standard InChI is InChI=1S/C51H98O6/c1-45(2)37-31-25-19-13-8-7-9-17-24-30-36-42-51(54)57-48(44-56-50(53)41-35-29-23-18-12-15-21-27-33-39-47(5)6)43-55-49(52)40-34-28-22-16-11-10-14-20-26-32-38-46(3)4/h45-48H,7-44H2,1-6H3/t48-/m1/s1. The molecule has 6 heteroatoms. The molecule has 0 N–H and O–H groups in total. The monoisotopic (exact) mass is 807 g/mol. The van der Waals surface area contributed by atoms with Crippen LogP contribution in [0.15, 0.2) is 0 Å². The molecule has 57 heavy (non-hydrogen) atoms. The van der Waals surface area contributed by atoms with E-state index in [9.17, 15) is 14.4 Å². The van der Waals surface area contributed by atoms with Crippen molar-refractivity contribution in [2.75, 3.05) is 13.2 Å². The van der Waals surface area contributed by atoms with Crippen LogP contribution in [0.1, 0.15) is 273 Å². The van der Waals surface area contributed by atoms with Crippen molar-refractivity contribution in [2.24, 2.45) is 17.8 Å². The van der Waals surface area contributed by atoms with Gasteiger partial charge in [-0.2, -0.15) is 0 Å². The van der Waals surface area contributed by atoms with Gasteiger partial charge in [-0.15, -0.1) is 0 Å². The predicted molar refractivity (Wildman–Crippen MR) is 243 cm³/mol. The normalized spacial score (nSPS) is 12.2. The Kier molecular flexibility index (Phi) is 41.3. The second-order valence-corrected chi connectivity index (χ2v) is 18.9. The lowest BCUT2D eigenvalue weighted by molar-refractivity contribution is -0.167. The lowest BCUT2D eigenvalue weighted by atomic mass is 10.0. The Morgan fingerprint density at radius 2 is 0.509 bits per heavy atom. The third kappa shape index (κ3) is 45.3. The van der Waals surface area contributed by atoms with Gasteiger partial charge in [0.25, 0.3) is 0 Å². The molecule has 6 nitrogen and oxygen atoms in total. The van der Waals surface area contributed by atoms with Crippen LogP contribution >= 0.6 is 0 Å². The van der Waals surface area contributed by atoms with Crippen LogP contribution < -0.4 is 0 Å². The van der Waals surface area contributed by atoms with Crippen LogP contribution in [-0.4, -0.2) is 37.2 Å². The first-order chi connectivity index (χ1) is 27.6. The molecule has 338 valence electrons. The van der Waals surface area contributed by atoms with Gasteiger partial charge in [0.1, 0.15) is 13.2 Å². The van der Waals surface area contributed by atoms with E-state index in [-0.39, 0.29) is 31.1 Å². The second kappa shape index (κ2) is 42.5. The number of esters is 3. The van der Waals surface area contributed by atoms with Crippen molar-refractivity contribution in [1.29, 1.82) is 0 Å². The molecule has 0 aromatic heterocycles. The number of ether oxygens (including phenoxy) is 3. The first kappa shape index (κ1) is 55.4. The van der Waals surface area contributed by atoms with Crippen molar-refractivity contribution in [2.45, 2.75) is 279 Å². The smallest absolute Gasteiger partial charge is 0.306 e. The summed E-state index contributed by atoms with van der Waals surface area (Å²) < 4.78 is 16.8. The molecule has 1 atom stereocenters. The molecule has 0 saturated carbocycles. The molecule has 0 radical (unpaired) electrons. The van der Waals surface area contributed by atoms with Crippen molar-refractivity contribution in [1.82, 2.24) is 0 Å². The largest absolute Gasteiger partial charge is 0.462 e. The summed E-state index contributed by atoms with van der Waals surface area (Å²) in [6.07, 6.45) is 40.9. The summed E-state index contributed by atoms with van der Waals surface area (Å²) >= 11 is 0. The first-order valence-electron chi connectivity index (χ1n) is 25.1. The van der Waals surface area contributed by atoms with Crippen LogP contribution in [0.2, 0.25) is 0 Å². The van der Waals surface area contributed by atoms with Gasteiger partial charge in [0, 0.05) is 19.3 Å². The van der Waals surface area contributed by atoms with Crippen molar-refractivity contribution in [3.63, 3.8) is 0 Å². The van der Waals surface area contributed by atoms with E-state index in [1.807, 2.05) is 0 Å². The fourth-order valence-electron chi connectivity index (χ4n) is 7.59. The number of hydrogen-bond acceptors (Lipinski definition) is 6. The molecule has 0 bridgehead atoms. The zero-order valence-electron chi connectivity index (χ0n) is 39.1. The highest BCUT2D eigenvalue weighted by molar-refractivity contribution is 5.71. The molecule has 0 saturated heterocycles. The Bertz CT molecular complexity index is 883. The molecule has 0 rings (SSSR count). The molecule has 0 aromatic rings. The van der Waals surface area contributed by atoms with E-state index >= 15 is 0 Å². The van der Waals surface area contributed by atoms with Crippen molar-refractivity contribution in [3.8, 4) is 0 Å². The summed E-state index contributed by atoms with van der Waals surface area (Å²) in [5.74, 6) is 1.60. The van der Waals surface area contributed by atoms with Gasteiger partial charge >= 0.3 is 17.9 Å². The van der Waals surface area contributed by atoms with Gasteiger partial charge < -0.3 is 14.2 Å². The Morgan fingerprint density at radius 3 is 0.754 bits per heavy atom. The van der Waals surface area contributed by atoms with Gasteiger partial charge in [0.05, 0.1) is 0 Å². The average molecular weight is 807 g/mol. The fraction of sp³-hybridized carbons (Fsp3) is 0.941. The molecule has 0 aliphatic carbocycles. The van der Waals surface area contributed by atoms with Crippen LogP contribution in [-0.2, 0) is 28.6 Å². The molecule has 0 aromatic carbocycles. The van der Waals surface area contributed by atoms with Gasteiger partial charge in [-0.3, -0.25) is 14.4 Å². The van der Waals surface area contributed by atoms with Gasteiger partial charge in [-0.25, -0.2) is 0 Å². The number of unbranched alkanes of at least 4 members (excludes halogenated alkanes) is 27. The average Bonchev–Trinajstić information content (AvgIpc) is 3.16. The number of carbonyl (C=O) groups is 3. The minimum absolute atomic E-state index is 0.0653. The SMILES string of the molecule is CC(C)CCCCCCCCCCCCCC(=O)O[C@H](COC(=O)CCCCCCCCCCCCC(C)C)COC(=O)CCCCCCCCCCCC(C)C. The molecule has 0 heterocycles. The maximum atomic E-state index is 12.8. The molecule has 0 aliphatic rings. The maximum absolute atomic E-state index is 12.8. The predicted octanol–water partition coefficient (Wildman–Crippen LogP) is 16.0. The fourth-order valence-corrected chi connectivity index (χ4v) is 7.59. The van der Waals surface area contributed by atoms with E-state index in [4.69, 9.17) is 14.2 Å². The van der Waals surface area contributed by atoms with Gasteiger partial charge in [0.2, 0.25) is 0 Å². The van der Waals surface area contributed by atoms with Crippen LogP contribution in [0, 0.1) is 17.8 Å². The first-order valence-corrected chi connectivity index (χ1v) is 25.1. The van der Waals surface area contributed by atoms with E-state index in [1.54, 1.807) is 0 Å². The summed E-state index contributed by atoms with van der Waals surface area (Å²) in [5.41, 5.74) is 0. The zero-order valence-corrected chi connectivity index (χ0v) is 39.1. The zero-order chi connectivity index (χ0) is 42.0. The van der Waals surface area contributed by atoms with E-state index < -0.39 is 6.10 Å². The molecular formula is C51H98O6. The quantitative estimate of drug-likeness (QED) is 0.0347. The Hall–Kier alpha value is -1.59. The second-order valence-electron chi connectivity index (χ2n) is 18.9. The maximum Gasteiger partial charge on any atom is 0.306 e. The number of hydrogen-bond donors (Lipinski definition) is 0. The van der Waals surface area contributed by atoms with Crippen molar-refractivity contribution in [3.05, 3.63) is 0 Å². The Labute approximate surface area is 355 Å². The Balaban J connectivity index is 4.34. The number of rotatable bonds is 44. The Morgan fingerprint density at radius 1 is 0.298 bits per heavy atom.